The fourth-order valence-electron chi connectivity index (χ4n) is 3.29. The van der Waals surface area contributed by atoms with E-state index in [1.807, 2.05) is 23.1 Å². The Balaban J connectivity index is 1.24. The van der Waals surface area contributed by atoms with Crippen LogP contribution in [0, 0.1) is 5.82 Å². The first-order chi connectivity index (χ1) is 14.2. The molecule has 0 unspecified atom stereocenters. The number of carbonyl (C=O) groups is 1. The first kappa shape index (κ1) is 19.3. The standard InChI is InChI=1S/C21H22FN5OS/c22-17-8-6-16(7-9-17)14-19-24-25-21(29-19)23-15-20(28)27-12-10-26(11-13-27)18-4-2-1-3-5-18/h1-9H,10-15H2,(H,23,25). The van der Waals surface area contributed by atoms with Crippen LogP contribution in [-0.2, 0) is 11.2 Å². The largest absolute Gasteiger partial charge is 0.368 e. The lowest BCUT2D eigenvalue weighted by atomic mass is 10.2. The molecule has 0 atom stereocenters. The molecular weight excluding hydrogens is 389 g/mol. The molecule has 0 radical (unpaired) electrons. The number of halogens is 1. The molecule has 1 saturated heterocycles. The van der Waals surface area contributed by atoms with E-state index >= 15 is 0 Å². The predicted molar refractivity (Wildman–Crippen MR) is 113 cm³/mol. The minimum absolute atomic E-state index is 0.0630. The van der Waals surface area contributed by atoms with Gasteiger partial charge in [0.15, 0.2) is 0 Å². The lowest BCUT2D eigenvalue weighted by Crippen LogP contribution is -2.50. The van der Waals surface area contributed by atoms with Crippen LogP contribution in [-0.4, -0.2) is 53.7 Å². The van der Waals surface area contributed by atoms with Crippen LogP contribution in [0.15, 0.2) is 54.6 Å². The predicted octanol–water partition coefficient (Wildman–Crippen LogP) is 3.03. The zero-order chi connectivity index (χ0) is 20.1. The minimum Gasteiger partial charge on any atom is -0.368 e. The van der Waals surface area contributed by atoms with Crippen LogP contribution in [0.2, 0.25) is 0 Å². The van der Waals surface area contributed by atoms with Gasteiger partial charge in [-0.3, -0.25) is 4.79 Å². The zero-order valence-electron chi connectivity index (χ0n) is 15.9. The van der Waals surface area contributed by atoms with Gasteiger partial charge in [0, 0.05) is 38.3 Å². The van der Waals surface area contributed by atoms with Crippen LogP contribution in [0.4, 0.5) is 15.2 Å². The number of aromatic nitrogens is 2. The molecule has 2 heterocycles. The molecule has 6 nitrogen and oxygen atoms in total. The van der Waals surface area contributed by atoms with Gasteiger partial charge >= 0.3 is 0 Å². The van der Waals surface area contributed by atoms with E-state index in [4.69, 9.17) is 0 Å². The maximum absolute atomic E-state index is 13.0. The lowest BCUT2D eigenvalue weighted by Gasteiger charge is -2.36. The van der Waals surface area contributed by atoms with E-state index in [0.29, 0.717) is 24.6 Å². The molecule has 150 valence electrons. The second-order valence-electron chi connectivity index (χ2n) is 6.86. The molecule has 1 aliphatic heterocycles. The van der Waals surface area contributed by atoms with Gasteiger partial charge < -0.3 is 15.1 Å². The summed E-state index contributed by atoms with van der Waals surface area (Å²) in [6.45, 7) is 3.28. The average Bonchev–Trinajstić information content (AvgIpc) is 3.22. The number of nitrogens with one attached hydrogen (secondary N) is 1. The Morgan fingerprint density at radius 2 is 1.72 bits per heavy atom. The Bertz CT molecular complexity index is 939. The van der Waals surface area contributed by atoms with E-state index in [1.54, 1.807) is 12.1 Å². The topological polar surface area (TPSA) is 61.4 Å². The SMILES string of the molecule is O=C(CNc1nnc(Cc2ccc(F)cc2)s1)N1CCN(c2ccccc2)CC1. The lowest BCUT2D eigenvalue weighted by molar-refractivity contribution is -0.129. The molecule has 1 N–H and O–H groups in total. The van der Waals surface area contributed by atoms with Crippen molar-refractivity contribution in [1.29, 1.82) is 0 Å². The molecule has 0 saturated carbocycles. The Hall–Kier alpha value is -3.00. The molecular formula is C21H22FN5OS. The van der Waals surface area contributed by atoms with Crippen molar-refractivity contribution in [1.82, 2.24) is 15.1 Å². The third-order valence-electron chi connectivity index (χ3n) is 4.88. The number of piperazine rings is 1. The quantitative estimate of drug-likeness (QED) is 0.676. The monoisotopic (exact) mass is 411 g/mol. The van der Waals surface area contributed by atoms with Crippen molar-refractivity contribution in [2.75, 3.05) is 42.9 Å². The van der Waals surface area contributed by atoms with Gasteiger partial charge in [-0.2, -0.15) is 0 Å². The summed E-state index contributed by atoms with van der Waals surface area (Å²) < 4.78 is 13.0. The number of nitrogens with zero attached hydrogens (tertiary/aromatic N) is 4. The van der Waals surface area contributed by atoms with Crippen LogP contribution in [0.1, 0.15) is 10.6 Å². The van der Waals surface area contributed by atoms with Crippen LogP contribution in [0.3, 0.4) is 0 Å². The molecule has 1 aliphatic rings. The molecule has 1 fully saturated rings. The Labute approximate surface area is 173 Å². The van der Waals surface area contributed by atoms with Crippen LogP contribution < -0.4 is 10.2 Å². The van der Waals surface area contributed by atoms with Gasteiger partial charge in [-0.05, 0) is 29.8 Å². The van der Waals surface area contributed by atoms with Gasteiger partial charge in [0.2, 0.25) is 11.0 Å². The number of para-hydroxylation sites is 1. The second kappa shape index (κ2) is 9.00. The molecule has 1 amide bonds. The average molecular weight is 412 g/mol. The first-order valence-electron chi connectivity index (χ1n) is 9.56. The maximum Gasteiger partial charge on any atom is 0.242 e. The number of amides is 1. The molecule has 0 spiro atoms. The smallest absolute Gasteiger partial charge is 0.242 e. The van der Waals surface area contributed by atoms with Gasteiger partial charge in [-0.25, -0.2) is 4.39 Å². The third kappa shape index (κ3) is 5.08. The van der Waals surface area contributed by atoms with Crippen LogP contribution in [0.25, 0.3) is 0 Å². The molecule has 0 aliphatic carbocycles. The fourth-order valence-corrected chi connectivity index (χ4v) is 4.06. The molecule has 3 aromatic rings. The third-order valence-corrected chi connectivity index (χ3v) is 5.76. The van der Waals surface area contributed by atoms with Gasteiger partial charge in [0.1, 0.15) is 10.8 Å². The summed E-state index contributed by atoms with van der Waals surface area (Å²) >= 11 is 1.41. The number of hydrogen-bond acceptors (Lipinski definition) is 6. The van der Waals surface area contributed by atoms with E-state index < -0.39 is 0 Å². The van der Waals surface area contributed by atoms with Crippen molar-refractivity contribution in [2.24, 2.45) is 0 Å². The molecule has 4 rings (SSSR count). The Kier molecular flexibility index (Phi) is 6.00. The van der Waals surface area contributed by atoms with Crippen molar-refractivity contribution in [3.63, 3.8) is 0 Å². The van der Waals surface area contributed by atoms with Gasteiger partial charge in [-0.1, -0.05) is 41.7 Å². The van der Waals surface area contributed by atoms with E-state index in [-0.39, 0.29) is 18.3 Å². The normalized spacial score (nSPS) is 14.1. The van der Waals surface area contributed by atoms with E-state index in [9.17, 15) is 9.18 Å². The molecule has 29 heavy (non-hydrogen) atoms. The first-order valence-corrected chi connectivity index (χ1v) is 10.4. The van der Waals surface area contributed by atoms with E-state index in [0.717, 1.165) is 23.7 Å². The van der Waals surface area contributed by atoms with E-state index in [1.165, 1.54) is 29.2 Å². The number of rotatable bonds is 6. The van der Waals surface area contributed by atoms with Crippen LogP contribution in [0.5, 0.6) is 0 Å². The Morgan fingerprint density at radius 3 is 2.45 bits per heavy atom. The van der Waals surface area contributed by atoms with Crippen molar-refractivity contribution in [3.05, 3.63) is 71.0 Å². The van der Waals surface area contributed by atoms with Crippen molar-refractivity contribution in [2.45, 2.75) is 6.42 Å². The zero-order valence-corrected chi connectivity index (χ0v) is 16.7. The van der Waals surface area contributed by atoms with Gasteiger partial charge in [-0.15, -0.1) is 10.2 Å². The highest BCUT2D eigenvalue weighted by molar-refractivity contribution is 7.15. The van der Waals surface area contributed by atoms with Crippen LogP contribution >= 0.6 is 11.3 Å². The summed E-state index contributed by atoms with van der Waals surface area (Å²) in [6, 6.07) is 16.6. The van der Waals surface area contributed by atoms with Gasteiger partial charge in [0.05, 0.1) is 6.54 Å². The number of carbonyl (C=O) groups excluding carboxylic acids is 1. The van der Waals surface area contributed by atoms with Crippen molar-refractivity contribution >= 4 is 28.1 Å². The summed E-state index contributed by atoms with van der Waals surface area (Å²) in [5.74, 6) is -0.190. The maximum atomic E-state index is 13.0. The molecule has 2 aromatic carbocycles. The number of anilines is 2. The molecule has 0 bridgehead atoms. The summed E-state index contributed by atoms with van der Waals surface area (Å²) in [4.78, 5) is 16.7. The highest BCUT2D eigenvalue weighted by Crippen LogP contribution is 2.19. The molecule has 8 heteroatoms. The van der Waals surface area contributed by atoms with Gasteiger partial charge in [0.25, 0.3) is 0 Å². The summed E-state index contributed by atoms with van der Waals surface area (Å²) in [7, 11) is 0. The highest BCUT2D eigenvalue weighted by Gasteiger charge is 2.21. The summed E-state index contributed by atoms with van der Waals surface area (Å²) in [5.41, 5.74) is 2.17. The molecule has 1 aromatic heterocycles. The summed E-state index contributed by atoms with van der Waals surface area (Å²) in [5, 5.41) is 12.8. The minimum atomic E-state index is -0.253. The Morgan fingerprint density at radius 1 is 1.00 bits per heavy atom. The highest BCUT2D eigenvalue weighted by atomic mass is 32.1. The fraction of sp³-hybridized carbons (Fsp3) is 0.286. The summed E-state index contributed by atoms with van der Waals surface area (Å²) in [6.07, 6.45) is 0.592. The van der Waals surface area contributed by atoms with E-state index in [2.05, 4.69) is 32.5 Å². The van der Waals surface area contributed by atoms with Crippen molar-refractivity contribution < 1.29 is 9.18 Å². The second-order valence-corrected chi connectivity index (χ2v) is 7.92. The number of hydrogen-bond donors (Lipinski definition) is 1. The number of benzene rings is 2. The van der Waals surface area contributed by atoms with Crippen molar-refractivity contribution in [3.8, 4) is 0 Å².